The molecule has 0 aliphatic heterocycles. The van der Waals surface area contributed by atoms with Gasteiger partial charge in [-0.1, -0.05) is 6.07 Å². The van der Waals surface area contributed by atoms with E-state index in [1.165, 1.54) is 7.11 Å². The molecule has 0 radical (unpaired) electrons. The maximum absolute atomic E-state index is 13.3. The Morgan fingerprint density at radius 1 is 1.29 bits per heavy atom. The van der Waals surface area contributed by atoms with Crippen LogP contribution in [-0.2, 0) is 16.1 Å². The molecule has 3 rings (SSSR count). The predicted octanol–water partition coefficient (Wildman–Crippen LogP) is 2.82. The average molecular weight is 383 g/mol. The third-order valence-corrected chi connectivity index (χ3v) is 5.19. The van der Waals surface area contributed by atoms with Gasteiger partial charge in [-0.05, 0) is 51.3 Å². The van der Waals surface area contributed by atoms with Crippen molar-refractivity contribution in [3.63, 3.8) is 0 Å². The molecule has 1 amide bonds. The Morgan fingerprint density at radius 3 is 2.57 bits per heavy atom. The second-order valence-electron chi connectivity index (χ2n) is 7.22. The van der Waals surface area contributed by atoms with Gasteiger partial charge in [0.05, 0.1) is 25.4 Å². The van der Waals surface area contributed by atoms with Crippen LogP contribution in [-0.4, -0.2) is 45.7 Å². The summed E-state index contributed by atoms with van der Waals surface area (Å²) in [5.41, 5.74) is 2.56. The number of aromatic nitrogens is 2. The summed E-state index contributed by atoms with van der Waals surface area (Å²) in [7, 11) is 1.30. The molecule has 1 unspecified atom stereocenters. The minimum Gasteiger partial charge on any atom is -0.464 e. The number of carbonyl (C=O) groups is 3. The zero-order chi connectivity index (χ0) is 20.4. The number of pyridine rings is 1. The number of Topliss-reactive ketones (excluding diaryl/α,β-unsaturated/α-hetero) is 1. The largest absolute Gasteiger partial charge is 0.464 e. The second-order valence-corrected chi connectivity index (χ2v) is 7.22. The molecule has 1 aliphatic rings. The van der Waals surface area contributed by atoms with E-state index in [9.17, 15) is 14.4 Å². The number of rotatable bonds is 7. The van der Waals surface area contributed by atoms with Gasteiger partial charge < -0.3 is 14.6 Å². The van der Waals surface area contributed by atoms with Crippen LogP contribution in [0.1, 0.15) is 57.6 Å². The van der Waals surface area contributed by atoms with Gasteiger partial charge in [0.2, 0.25) is 5.91 Å². The van der Waals surface area contributed by atoms with E-state index in [4.69, 9.17) is 4.74 Å². The molecule has 7 heteroatoms. The number of carbonyl (C=O) groups excluding carboxylic acids is 3. The van der Waals surface area contributed by atoms with Crippen LogP contribution < -0.4 is 0 Å². The summed E-state index contributed by atoms with van der Waals surface area (Å²) in [5, 5.41) is 0. The van der Waals surface area contributed by atoms with Gasteiger partial charge in [0.15, 0.2) is 5.78 Å². The van der Waals surface area contributed by atoms with Gasteiger partial charge in [0.1, 0.15) is 5.69 Å². The van der Waals surface area contributed by atoms with E-state index < -0.39 is 12.0 Å². The first-order chi connectivity index (χ1) is 13.3. The van der Waals surface area contributed by atoms with Crippen LogP contribution in [0.15, 0.2) is 24.4 Å². The highest BCUT2D eigenvalue weighted by atomic mass is 16.5. The standard InChI is InChI=1S/C21H25N3O4/c1-12-17(13(2)23-18(12)21(27)28-4)19(25)14(3)24(20(26)15-8-9-15)11-16-7-5-6-10-22-16/h5-7,10,14-15,23H,8-9,11H2,1-4H3. The highest BCUT2D eigenvalue weighted by molar-refractivity contribution is 6.06. The summed E-state index contributed by atoms with van der Waals surface area (Å²) in [6.45, 7) is 5.46. The smallest absolute Gasteiger partial charge is 0.354 e. The highest BCUT2D eigenvalue weighted by Crippen LogP contribution is 2.33. The van der Waals surface area contributed by atoms with Crippen LogP contribution in [0, 0.1) is 19.8 Å². The molecular formula is C21H25N3O4. The number of methoxy groups -OCH3 is 1. The van der Waals surface area contributed by atoms with Gasteiger partial charge in [0, 0.05) is 23.4 Å². The molecule has 0 spiro atoms. The lowest BCUT2D eigenvalue weighted by Crippen LogP contribution is -2.44. The van der Waals surface area contributed by atoms with Crippen molar-refractivity contribution in [3.8, 4) is 0 Å². The summed E-state index contributed by atoms with van der Waals surface area (Å²) in [6.07, 6.45) is 3.38. The first-order valence-electron chi connectivity index (χ1n) is 9.37. The summed E-state index contributed by atoms with van der Waals surface area (Å²) >= 11 is 0. The van der Waals surface area contributed by atoms with Crippen LogP contribution in [0.4, 0.5) is 0 Å². The minimum atomic E-state index is -0.672. The molecule has 7 nitrogen and oxygen atoms in total. The van der Waals surface area contributed by atoms with Gasteiger partial charge in [0.25, 0.3) is 0 Å². The van der Waals surface area contributed by atoms with Crippen molar-refractivity contribution in [1.29, 1.82) is 0 Å². The summed E-state index contributed by atoms with van der Waals surface area (Å²) < 4.78 is 4.78. The number of ketones is 1. The molecular weight excluding hydrogens is 358 g/mol. The maximum atomic E-state index is 13.3. The third-order valence-electron chi connectivity index (χ3n) is 5.19. The topological polar surface area (TPSA) is 92.4 Å². The van der Waals surface area contributed by atoms with E-state index in [1.807, 2.05) is 18.2 Å². The Labute approximate surface area is 164 Å². The Kier molecular flexibility index (Phi) is 5.63. The van der Waals surface area contributed by atoms with Crippen molar-refractivity contribution in [2.45, 2.75) is 46.2 Å². The van der Waals surface area contributed by atoms with Gasteiger partial charge in [-0.25, -0.2) is 4.79 Å². The van der Waals surface area contributed by atoms with Crippen LogP contribution >= 0.6 is 0 Å². The molecule has 28 heavy (non-hydrogen) atoms. The second kappa shape index (κ2) is 7.96. The van der Waals surface area contributed by atoms with E-state index in [1.54, 1.807) is 31.9 Å². The van der Waals surface area contributed by atoms with Crippen LogP contribution in [0.25, 0.3) is 0 Å². The molecule has 1 saturated carbocycles. The molecule has 148 valence electrons. The number of aromatic amines is 1. The fourth-order valence-electron chi connectivity index (χ4n) is 3.41. The van der Waals surface area contributed by atoms with Crippen molar-refractivity contribution in [3.05, 3.63) is 52.6 Å². The Hall–Kier alpha value is -2.96. The first-order valence-corrected chi connectivity index (χ1v) is 9.37. The van der Waals surface area contributed by atoms with Gasteiger partial charge >= 0.3 is 5.97 Å². The predicted molar refractivity (Wildman–Crippen MR) is 103 cm³/mol. The zero-order valence-electron chi connectivity index (χ0n) is 16.6. The first kappa shape index (κ1) is 19.8. The van der Waals surface area contributed by atoms with E-state index in [0.717, 1.165) is 18.5 Å². The van der Waals surface area contributed by atoms with Crippen molar-refractivity contribution < 1.29 is 19.1 Å². The van der Waals surface area contributed by atoms with Gasteiger partial charge in [-0.15, -0.1) is 0 Å². The molecule has 1 fully saturated rings. The quantitative estimate of drug-likeness (QED) is 0.586. The fraction of sp³-hybridized carbons (Fsp3) is 0.429. The monoisotopic (exact) mass is 383 g/mol. The number of hydrogen-bond donors (Lipinski definition) is 1. The van der Waals surface area contributed by atoms with E-state index in [0.29, 0.717) is 16.8 Å². The Balaban J connectivity index is 1.91. The molecule has 0 bridgehead atoms. The number of nitrogens with one attached hydrogen (secondary N) is 1. The molecule has 0 aromatic carbocycles. The highest BCUT2D eigenvalue weighted by Gasteiger charge is 2.38. The van der Waals surface area contributed by atoms with Crippen LogP contribution in [0.3, 0.4) is 0 Å². The Morgan fingerprint density at radius 2 is 2.00 bits per heavy atom. The van der Waals surface area contributed by atoms with E-state index >= 15 is 0 Å². The van der Waals surface area contributed by atoms with E-state index in [2.05, 4.69) is 9.97 Å². The van der Waals surface area contributed by atoms with Crippen LogP contribution in [0.2, 0.25) is 0 Å². The van der Waals surface area contributed by atoms with Crippen molar-refractivity contribution in [2.24, 2.45) is 5.92 Å². The van der Waals surface area contributed by atoms with Crippen molar-refractivity contribution in [2.75, 3.05) is 7.11 Å². The van der Waals surface area contributed by atoms with Gasteiger partial charge in [-0.2, -0.15) is 0 Å². The average Bonchev–Trinajstić information content (AvgIpc) is 3.50. The zero-order valence-corrected chi connectivity index (χ0v) is 16.6. The lowest BCUT2D eigenvalue weighted by atomic mass is 9.99. The third kappa shape index (κ3) is 3.83. The Bertz CT molecular complexity index is 900. The summed E-state index contributed by atoms with van der Waals surface area (Å²) in [4.78, 5) is 47.0. The number of hydrogen-bond acceptors (Lipinski definition) is 5. The van der Waals surface area contributed by atoms with E-state index in [-0.39, 0.29) is 29.8 Å². The lowest BCUT2D eigenvalue weighted by Gasteiger charge is -2.28. The number of amides is 1. The lowest BCUT2D eigenvalue weighted by molar-refractivity contribution is -0.134. The number of esters is 1. The molecule has 1 N–H and O–H groups in total. The SMILES string of the molecule is COC(=O)c1[nH]c(C)c(C(=O)C(C)N(Cc2ccccn2)C(=O)C2CC2)c1C. The van der Waals surface area contributed by atoms with Crippen LogP contribution in [0.5, 0.6) is 0 Å². The van der Waals surface area contributed by atoms with Crippen molar-refractivity contribution in [1.82, 2.24) is 14.9 Å². The number of ether oxygens (including phenoxy) is 1. The summed E-state index contributed by atoms with van der Waals surface area (Å²) in [5.74, 6) is -0.762. The minimum absolute atomic E-state index is 0.0157. The van der Waals surface area contributed by atoms with Crippen molar-refractivity contribution >= 4 is 17.7 Å². The molecule has 1 atom stereocenters. The molecule has 1 aliphatic carbocycles. The molecule has 2 heterocycles. The fourth-order valence-corrected chi connectivity index (χ4v) is 3.41. The summed E-state index contributed by atoms with van der Waals surface area (Å²) in [6, 6.07) is 4.84. The number of H-pyrrole nitrogens is 1. The maximum Gasteiger partial charge on any atom is 0.354 e. The normalized spacial score (nSPS) is 14.4. The molecule has 0 saturated heterocycles. The molecule has 2 aromatic heterocycles. The number of aryl methyl sites for hydroxylation is 1. The van der Waals surface area contributed by atoms with Gasteiger partial charge in [-0.3, -0.25) is 14.6 Å². The number of nitrogens with zero attached hydrogens (tertiary/aromatic N) is 2. The molecule has 2 aromatic rings.